The molecule has 0 fully saturated rings. The average molecular weight is 448 g/mol. The van der Waals surface area contributed by atoms with E-state index in [4.69, 9.17) is 34.8 Å². The lowest BCUT2D eigenvalue weighted by atomic mass is 9.74. The van der Waals surface area contributed by atoms with Crippen LogP contribution in [-0.4, -0.2) is 19.4 Å². The molecule has 1 atom stereocenters. The fraction of sp³-hybridized carbons (Fsp3) is 0.353. The first-order valence-electron chi connectivity index (χ1n) is 8.11. The van der Waals surface area contributed by atoms with Gasteiger partial charge in [0.25, 0.3) is 5.69 Å². The van der Waals surface area contributed by atoms with Crippen molar-refractivity contribution in [1.82, 2.24) is 0 Å². The molecule has 150 valence electrons. The van der Waals surface area contributed by atoms with E-state index in [0.717, 1.165) is 17.7 Å². The van der Waals surface area contributed by atoms with Gasteiger partial charge in [-0.05, 0) is 31.1 Å². The smallest absolute Gasteiger partial charge is 0.271 e. The Morgan fingerprint density at radius 3 is 2.32 bits per heavy atom. The number of hydrogen-bond donors (Lipinski definition) is 1. The number of allylic oxidation sites excluding steroid dienone is 4. The lowest BCUT2D eigenvalue weighted by Crippen LogP contribution is -2.36. The number of halogens is 3. The van der Waals surface area contributed by atoms with Gasteiger partial charge in [-0.3, -0.25) is 25.7 Å². The first kappa shape index (κ1) is 22.1. The van der Waals surface area contributed by atoms with Crippen LogP contribution in [0.1, 0.15) is 20.8 Å². The minimum Gasteiger partial charge on any atom is -0.271 e. The number of nitro groups is 2. The van der Waals surface area contributed by atoms with Crippen LogP contribution in [0.4, 0.5) is 17.1 Å². The number of nitrogens with zero attached hydrogens (tertiary/aromatic N) is 3. The maximum absolute atomic E-state index is 11.2. The van der Waals surface area contributed by atoms with Crippen molar-refractivity contribution in [2.45, 2.75) is 24.6 Å². The lowest BCUT2D eigenvalue weighted by Gasteiger charge is -2.39. The minimum absolute atomic E-state index is 0.0192. The van der Waals surface area contributed by atoms with Crippen molar-refractivity contribution >= 4 is 57.6 Å². The third-order valence-corrected chi connectivity index (χ3v) is 5.57. The predicted octanol–water partition coefficient (Wildman–Crippen LogP) is 5.80. The van der Waals surface area contributed by atoms with Gasteiger partial charge >= 0.3 is 5.69 Å². The van der Waals surface area contributed by atoms with Crippen LogP contribution in [0.2, 0.25) is 0 Å². The second-order valence-corrected chi connectivity index (χ2v) is 8.93. The highest BCUT2D eigenvalue weighted by atomic mass is 35.6. The third-order valence-electron chi connectivity index (χ3n) is 4.40. The molecule has 0 saturated heterocycles. The van der Waals surface area contributed by atoms with Crippen LogP contribution in [0.3, 0.4) is 0 Å². The molecule has 0 aromatic heterocycles. The van der Waals surface area contributed by atoms with Gasteiger partial charge < -0.3 is 0 Å². The Labute approximate surface area is 176 Å². The number of hydrogen-bond acceptors (Lipinski definition) is 6. The Morgan fingerprint density at radius 1 is 1.18 bits per heavy atom. The average Bonchev–Trinajstić information content (AvgIpc) is 2.59. The van der Waals surface area contributed by atoms with Crippen molar-refractivity contribution in [2.75, 3.05) is 5.43 Å². The standard InChI is InChI=1S/C17H17Cl3N4O4/c1-10(2)13-8-11(6-7-16(13,3)17(18,19)20)21-22-14-5-4-12(23(25)26)9-15(14)24(27)28/h4-10,22H,1-3H3/b21-11+. The Bertz CT molecular complexity index is 906. The van der Waals surface area contributed by atoms with Gasteiger partial charge in [-0.2, -0.15) is 5.10 Å². The summed E-state index contributed by atoms with van der Waals surface area (Å²) in [5.74, 6) is 0.0458. The van der Waals surface area contributed by atoms with Gasteiger partial charge in [0.2, 0.25) is 3.79 Å². The Balaban J connectivity index is 2.39. The largest absolute Gasteiger partial charge is 0.301 e. The molecule has 1 unspecified atom stereocenters. The summed E-state index contributed by atoms with van der Waals surface area (Å²) >= 11 is 18.5. The van der Waals surface area contributed by atoms with Gasteiger partial charge in [0.05, 0.1) is 27.0 Å². The van der Waals surface area contributed by atoms with Gasteiger partial charge in [0.1, 0.15) is 5.69 Å². The molecule has 11 heteroatoms. The summed E-state index contributed by atoms with van der Waals surface area (Å²) in [5, 5.41) is 26.2. The molecular formula is C17H17Cl3N4O4. The zero-order chi connectivity index (χ0) is 21.3. The van der Waals surface area contributed by atoms with Crippen LogP contribution in [0.5, 0.6) is 0 Å². The predicted molar refractivity (Wildman–Crippen MR) is 111 cm³/mol. The van der Waals surface area contributed by atoms with Gasteiger partial charge in [0.15, 0.2) is 0 Å². The van der Waals surface area contributed by atoms with Crippen LogP contribution >= 0.6 is 34.8 Å². The number of alkyl halides is 3. The molecule has 0 radical (unpaired) electrons. The first-order valence-corrected chi connectivity index (χ1v) is 9.25. The van der Waals surface area contributed by atoms with E-state index in [0.29, 0.717) is 5.71 Å². The molecule has 1 aromatic carbocycles. The molecule has 0 amide bonds. The van der Waals surface area contributed by atoms with Gasteiger partial charge in [-0.1, -0.05) is 60.3 Å². The lowest BCUT2D eigenvalue weighted by molar-refractivity contribution is -0.393. The maximum atomic E-state index is 11.2. The topological polar surface area (TPSA) is 111 Å². The van der Waals surface area contributed by atoms with E-state index in [1.165, 1.54) is 6.07 Å². The number of rotatable bonds is 5. The Morgan fingerprint density at radius 2 is 1.82 bits per heavy atom. The quantitative estimate of drug-likeness (QED) is 0.348. The minimum atomic E-state index is -1.57. The molecule has 1 aromatic rings. The van der Waals surface area contributed by atoms with Crippen molar-refractivity contribution in [3.05, 3.63) is 62.2 Å². The summed E-state index contributed by atoms with van der Waals surface area (Å²) in [7, 11) is 0. The van der Waals surface area contributed by atoms with E-state index >= 15 is 0 Å². The van der Waals surface area contributed by atoms with Crippen LogP contribution in [0.15, 0.2) is 47.1 Å². The number of nitro benzene ring substituents is 2. The second-order valence-electron chi connectivity index (χ2n) is 6.65. The summed E-state index contributed by atoms with van der Waals surface area (Å²) in [6.07, 6.45) is 5.11. The zero-order valence-corrected chi connectivity index (χ0v) is 17.4. The van der Waals surface area contributed by atoms with E-state index < -0.39 is 24.7 Å². The van der Waals surface area contributed by atoms with Gasteiger partial charge in [0, 0.05) is 6.07 Å². The second kappa shape index (κ2) is 8.06. The number of hydrazone groups is 1. The van der Waals surface area contributed by atoms with E-state index in [2.05, 4.69) is 10.5 Å². The van der Waals surface area contributed by atoms with Gasteiger partial charge in [-0.15, -0.1) is 0 Å². The fourth-order valence-corrected chi connectivity index (χ4v) is 3.32. The molecule has 1 aliphatic carbocycles. The summed E-state index contributed by atoms with van der Waals surface area (Å²) in [5.41, 5.74) is 2.20. The fourth-order valence-electron chi connectivity index (χ4n) is 2.80. The van der Waals surface area contributed by atoms with E-state index in [-0.39, 0.29) is 17.3 Å². The van der Waals surface area contributed by atoms with Crippen molar-refractivity contribution in [2.24, 2.45) is 16.4 Å². The number of non-ortho nitro benzene ring substituents is 1. The van der Waals surface area contributed by atoms with Crippen molar-refractivity contribution < 1.29 is 9.85 Å². The molecule has 1 aliphatic rings. The van der Waals surface area contributed by atoms with Crippen molar-refractivity contribution in [3.8, 4) is 0 Å². The van der Waals surface area contributed by atoms with E-state index in [1.54, 1.807) is 25.2 Å². The number of nitrogens with one attached hydrogen (secondary N) is 1. The zero-order valence-electron chi connectivity index (χ0n) is 15.1. The molecule has 0 aliphatic heterocycles. The molecular weight excluding hydrogens is 431 g/mol. The summed E-state index contributed by atoms with van der Waals surface area (Å²) < 4.78 is -1.57. The monoisotopic (exact) mass is 446 g/mol. The summed E-state index contributed by atoms with van der Waals surface area (Å²) in [4.78, 5) is 20.6. The molecule has 8 nitrogen and oxygen atoms in total. The first-order chi connectivity index (χ1) is 12.9. The molecule has 28 heavy (non-hydrogen) atoms. The molecule has 0 heterocycles. The highest BCUT2D eigenvalue weighted by molar-refractivity contribution is 6.68. The van der Waals surface area contributed by atoms with Gasteiger partial charge in [-0.25, -0.2) is 0 Å². The summed E-state index contributed by atoms with van der Waals surface area (Å²) in [6.45, 7) is 5.70. The SMILES string of the molecule is CC(C)C1=C/C(=N/Nc2ccc([N+](=O)[O-])cc2[N+](=O)[O-])C=CC1(C)C(Cl)(Cl)Cl. The normalized spacial score (nSPS) is 21.0. The molecule has 0 spiro atoms. The van der Waals surface area contributed by atoms with Crippen LogP contribution in [0.25, 0.3) is 0 Å². The number of anilines is 1. The van der Waals surface area contributed by atoms with E-state index in [9.17, 15) is 20.2 Å². The maximum Gasteiger partial charge on any atom is 0.301 e. The van der Waals surface area contributed by atoms with Crippen LogP contribution in [-0.2, 0) is 0 Å². The Hall–Kier alpha value is -2.16. The van der Waals surface area contributed by atoms with Crippen LogP contribution in [0, 0.1) is 31.6 Å². The molecule has 0 bridgehead atoms. The molecule has 1 N–H and O–H groups in total. The van der Waals surface area contributed by atoms with Crippen molar-refractivity contribution in [1.29, 1.82) is 0 Å². The molecule has 2 rings (SSSR count). The highest BCUT2D eigenvalue weighted by Gasteiger charge is 2.47. The number of benzene rings is 1. The highest BCUT2D eigenvalue weighted by Crippen LogP contribution is 2.53. The van der Waals surface area contributed by atoms with E-state index in [1.807, 2.05) is 13.8 Å². The van der Waals surface area contributed by atoms with Crippen molar-refractivity contribution in [3.63, 3.8) is 0 Å². The summed E-state index contributed by atoms with van der Waals surface area (Å²) in [6, 6.07) is 3.25. The third kappa shape index (κ3) is 4.45. The van der Waals surface area contributed by atoms with Crippen LogP contribution < -0.4 is 5.43 Å². The Kier molecular flexibility index (Phi) is 6.37. The molecule has 0 saturated carbocycles.